The maximum Gasteiger partial charge on any atom is 0.0644 e. The second-order valence-corrected chi connectivity index (χ2v) is 7.62. The first kappa shape index (κ1) is 16.5. The zero-order valence-corrected chi connectivity index (χ0v) is 14.8. The van der Waals surface area contributed by atoms with E-state index in [0.29, 0.717) is 11.5 Å². The second-order valence-electron chi connectivity index (χ2n) is 7.62. The lowest BCUT2D eigenvalue weighted by Crippen LogP contribution is -2.35. The van der Waals surface area contributed by atoms with Crippen LogP contribution in [0.3, 0.4) is 0 Å². The molecule has 120 valence electrons. The van der Waals surface area contributed by atoms with Gasteiger partial charge in [-0.2, -0.15) is 5.10 Å². The van der Waals surface area contributed by atoms with Gasteiger partial charge in [-0.15, -0.1) is 0 Å². The van der Waals surface area contributed by atoms with E-state index < -0.39 is 0 Å². The van der Waals surface area contributed by atoms with E-state index in [9.17, 15) is 0 Å². The Morgan fingerprint density at radius 3 is 2.29 bits per heavy atom. The Hall–Kier alpha value is -0.830. The molecule has 0 spiro atoms. The molecule has 1 unspecified atom stereocenters. The summed E-state index contributed by atoms with van der Waals surface area (Å²) in [5, 5.41) is 8.38. The summed E-state index contributed by atoms with van der Waals surface area (Å²) in [5.41, 5.74) is 4.37. The predicted octanol–water partition coefficient (Wildman–Crippen LogP) is 4.29. The van der Waals surface area contributed by atoms with E-state index in [0.717, 1.165) is 12.5 Å². The largest absolute Gasteiger partial charge is 0.310 e. The zero-order chi connectivity index (χ0) is 15.6. The monoisotopic (exact) mass is 291 g/mol. The van der Waals surface area contributed by atoms with E-state index in [1.54, 1.807) is 0 Å². The Labute approximate surface area is 130 Å². The summed E-state index contributed by atoms with van der Waals surface area (Å²) in [5.74, 6) is 0.794. The van der Waals surface area contributed by atoms with Crippen LogP contribution in [0.4, 0.5) is 0 Å². The molecule has 3 nitrogen and oxygen atoms in total. The van der Waals surface area contributed by atoms with Crippen LogP contribution in [0.1, 0.15) is 75.9 Å². The average Bonchev–Trinajstić information content (AvgIpc) is 2.93. The first-order valence-corrected chi connectivity index (χ1v) is 8.58. The van der Waals surface area contributed by atoms with Crippen molar-refractivity contribution < 1.29 is 0 Å². The summed E-state index contributed by atoms with van der Waals surface area (Å²) >= 11 is 0. The molecule has 1 aliphatic carbocycles. The summed E-state index contributed by atoms with van der Waals surface area (Å²) in [6, 6.07) is 0.392. The normalized spacial score (nSPS) is 19.4. The highest BCUT2D eigenvalue weighted by molar-refractivity contribution is 5.27. The fraction of sp³-hybridized carbons (Fsp3) is 0.833. The van der Waals surface area contributed by atoms with Gasteiger partial charge in [0.2, 0.25) is 0 Å². The third kappa shape index (κ3) is 3.68. The van der Waals surface area contributed by atoms with Crippen molar-refractivity contribution in [2.24, 2.45) is 18.4 Å². The molecule has 1 aromatic heterocycles. The minimum absolute atomic E-state index is 0.392. The van der Waals surface area contributed by atoms with Crippen LogP contribution in [0.25, 0.3) is 0 Å². The minimum atomic E-state index is 0.392. The van der Waals surface area contributed by atoms with Crippen molar-refractivity contribution in [3.8, 4) is 0 Å². The van der Waals surface area contributed by atoms with Gasteiger partial charge in [0.1, 0.15) is 0 Å². The molecule has 1 saturated carbocycles. The average molecular weight is 291 g/mol. The Kier molecular flexibility index (Phi) is 5.13. The third-order valence-electron chi connectivity index (χ3n) is 5.29. The van der Waals surface area contributed by atoms with Crippen LogP contribution >= 0.6 is 0 Å². The first-order valence-electron chi connectivity index (χ1n) is 8.58. The van der Waals surface area contributed by atoms with Gasteiger partial charge in [-0.1, -0.05) is 26.7 Å². The van der Waals surface area contributed by atoms with E-state index in [1.807, 2.05) is 11.7 Å². The number of aromatic nitrogens is 2. The molecule has 3 heteroatoms. The van der Waals surface area contributed by atoms with Crippen molar-refractivity contribution in [3.63, 3.8) is 0 Å². The maximum atomic E-state index is 4.55. The van der Waals surface area contributed by atoms with Crippen LogP contribution < -0.4 is 5.32 Å². The molecule has 0 aliphatic heterocycles. The maximum absolute atomic E-state index is 4.55. The van der Waals surface area contributed by atoms with Gasteiger partial charge in [-0.05, 0) is 51.4 Å². The lowest BCUT2D eigenvalue weighted by atomic mass is 9.78. The SMILES string of the molecule is Cc1nn(C)c(C)c1C(C)NCC1(CC(C)C)CCCC1. The number of rotatable bonds is 6. The summed E-state index contributed by atoms with van der Waals surface area (Å²) in [6.45, 7) is 12.5. The first-order chi connectivity index (χ1) is 9.84. The van der Waals surface area contributed by atoms with E-state index >= 15 is 0 Å². The Morgan fingerprint density at radius 2 is 1.81 bits per heavy atom. The highest BCUT2D eigenvalue weighted by Gasteiger charge is 2.34. The summed E-state index contributed by atoms with van der Waals surface area (Å²) < 4.78 is 2.00. The minimum Gasteiger partial charge on any atom is -0.310 e. The van der Waals surface area contributed by atoms with Crippen LogP contribution in [-0.2, 0) is 7.05 Å². The molecule has 0 radical (unpaired) electrons. The van der Waals surface area contributed by atoms with E-state index in [-0.39, 0.29) is 0 Å². The van der Waals surface area contributed by atoms with Gasteiger partial charge in [-0.3, -0.25) is 4.68 Å². The molecule has 0 aromatic carbocycles. The molecule has 1 aliphatic rings. The Balaban J connectivity index is 2.03. The second kappa shape index (κ2) is 6.51. The fourth-order valence-corrected chi connectivity index (χ4v) is 4.33. The van der Waals surface area contributed by atoms with Gasteiger partial charge >= 0.3 is 0 Å². The molecule has 1 fully saturated rings. The molecule has 21 heavy (non-hydrogen) atoms. The predicted molar refractivity (Wildman–Crippen MR) is 89.5 cm³/mol. The highest BCUT2D eigenvalue weighted by Crippen LogP contribution is 2.43. The molecule has 1 N–H and O–H groups in total. The molecule has 1 aromatic rings. The third-order valence-corrected chi connectivity index (χ3v) is 5.29. The van der Waals surface area contributed by atoms with Crippen molar-refractivity contribution in [1.82, 2.24) is 15.1 Å². The van der Waals surface area contributed by atoms with Gasteiger partial charge in [0.15, 0.2) is 0 Å². The summed E-state index contributed by atoms with van der Waals surface area (Å²) in [6.07, 6.45) is 6.98. The van der Waals surface area contributed by atoms with Crippen molar-refractivity contribution >= 4 is 0 Å². The van der Waals surface area contributed by atoms with E-state index in [4.69, 9.17) is 0 Å². The molecule has 0 saturated heterocycles. The van der Waals surface area contributed by atoms with Gasteiger partial charge in [-0.25, -0.2) is 0 Å². The molecule has 1 heterocycles. The Bertz CT molecular complexity index is 467. The highest BCUT2D eigenvalue weighted by atomic mass is 15.3. The van der Waals surface area contributed by atoms with E-state index in [2.05, 4.69) is 45.0 Å². The molecular weight excluding hydrogens is 258 g/mol. The lowest BCUT2D eigenvalue weighted by Gasteiger charge is -2.33. The molecule has 2 rings (SSSR count). The van der Waals surface area contributed by atoms with Gasteiger partial charge in [0, 0.05) is 30.9 Å². The standard InChI is InChI=1S/C18H33N3/c1-13(2)11-18(9-7-8-10-18)12-19-14(3)17-15(4)20-21(6)16(17)5/h13-14,19H,7-12H2,1-6H3. The Morgan fingerprint density at radius 1 is 1.19 bits per heavy atom. The summed E-state index contributed by atoms with van der Waals surface area (Å²) in [7, 11) is 2.04. The molecule has 0 bridgehead atoms. The van der Waals surface area contributed by atoms with Crippen LogP contribution in [0, 0.1) is 25.2 Å². The van der Waals surface area contributed by atoms with Crippen molar-refractivity contribution in [3.05, 3.63) is 17.0 Å². The number of aryl methyl sites for hydroxylation is 2. The van der Waals surface area contributed by atoms with Crippen LogP contribution in [0.5, 0.6) is 0 Å². The zero-order valence-electron chi connectivity index (χ0n) is 14.8. The van der Waals surface area contributed by atoms with Crippen molar-refractivity contribution in [2.45, 2.75) is 72.8 Å². The topological polar surface area (TPSA) is 29.9 Å². The molecular formula is C18H33N3. The van der Waals surface area contributed by atoms with E-state index in [1.165, 1.54) is 49.1 Å². The van der Waals surface area contributed by atoms with Crippen LogP contribution in [0.15, 0.2) is 0 Å². The van der Waals surface area contributed by atoms with Crippen molar-refractivity contribution in [1.29, 1.82) is 0 Å². The smallest absolute Gasteiger partial charge is 0.0644 e. The van der Waals surface area contributed by atoms with Crippen LogP contribution in [-0.4, -0.2) is 16.3 Å². The fourth-order valence-electron chi connectivity index (χ4n) is 4.33. The number of hydrogen-bond acceptors (Lipinski definition) is 2. The van der Waals surface area contributed by atoms with Gasteiger partial charge < -0.3 is 5.32 Å². The quantitative estimate of drug-likeness (QED) is 0.847. The molecule has 0 amide bonds. The number of hydrogen-bond donors (Lipinski definition) is 1. The molecule has 1 atom stereocenters. The number of nitrogens with one attached hydrogen (secondary N) is 1. The summed E-state index contributed by atoms with van der Waals surface area (Å²) in [4.78, 5) is 0. The van der Waals surface area contributed by atoms with Gasteiger partial charge in [0.25, 0.3) is 0 Å². The number of nitrogens with zero attached hydrogens (tertiary/aromatic N) is 2. The van der Waals surface area contributed by atoms with Crippen LogP contribution in [0.2, 0.25) is 0 Å². The lowest BCUT2D eigenvalue weighted by molar-refractivity contribution is 0.217. The van der Waals surface area contributed by atoms with Crippen molar-refractivity contribution in [2.75, 3.05) is 6.54 Å². The van der Waals surface area contributed by atoms with Gasteiger partial charge in [0.05, 0.1) is 5.69 Å².